The van der Waals surface area contributed by atoms with Gasteiger partial charge in [0.2, 0.25) is 6.04 Å². The summed E-state index contributed by atoms with van der Waals surface area (Å²) in [6.07, 6.45) is 1.10. The van der Waals surface area contributed by atoms with Gasteiger partial charge in [-0.1, -0.05) is 44.2 Å². The molecule has 1 heterocycles. The molecule has 8 heteroatoms. The number of amides is 1. The molecule has 206 valence electrons. The van der Waals surface area contributed by atoms with Gasteiger partial charge in [0, 0.05) is 25.0 Å². The molecule has 0 unspecified atom stereocenters. The summed E-state index contributed by atoms with van der Waals surface area (Å²) in [4.78, 5) is 31.0. The maximum atomic E-state index is 13.3. The second-order valence-electron chi connectivity index (χ2n) is 11.2. The smallest absolute Gasteiger partial charge is 0.350 e. The third kappa shape index (κ3) is 9.26. The topological polar surface area (TPSA) is 102 Å². The summed E-state index contributed by atoms with van der Waals surface area (Å²) in [5, 5.41) is 14.3. The minimum atomic E-state index is -0.692. The van der Waals surface area contributed by atoms with E-state index in [1.807, 2.05) is 39.0 Å². The van der Waals surface area contributed by atoms with Crippen molar-refractivity contribution in [3.8, 4) is 5.75 Å². The third-order valence-corrected chi connectivity index (χ3v) is 6.22. The van der Waals surface area contributed by atoms with E-state index in [2.05, 4.69) is 29.1 Å². The van der Waals surface area contributed by atoms with Gasteiger partial charge in [-0.3, -0.25) is 9.69 Å². The SMILES string of the molecule is CC(C)C[C@@H](C(O)=[NH+][C@@H](Cc1ccc(OC(=O)c2ccccc2)cc1)C(=O)NC(C)(C)C)N1CCOCC1. The van der Waals surface area contributed by atoms with Crippen molar-refractivity contribution in [3.63, 3.8) is 0 Å². The molecule has 8 nitrogen and oxygen atoms in total. The first-order valence-corrected chi connectivity index (χ1v) is 13.3. The largest absolute Gasteiger partial charge is 0.462 e. The zero-order valence-electron chi connectivity index (χ0n) is 23.2. The Bertz CT molecular complexity index is 1070. The number of hydrogen-bond donors (Lipinski definition) is 3. The predicted molar refractivity (Wildman–Crippen MR) is 147 cm³/mol. The lowest BCUT2D eigenvalue weighted by molar-refractivity contribution is -0.498. The molecule has 1 aliphatic heterocycles. The summed E-state index contributed by atoms with van der Waals surface area (Å²) in [6, 6.07) is 15.0. The second-order valence-corrected chi connectivity index (χ2v) is 11.2. The van der Waals surface area contributed by atoms with E-state index in [0.29, 0.717) is 36.9 Å². The van der Waals surface area contributed by atoms with Crippen LogP contribution < -0.4 is 15.0 Å². The normalized spacial score (nSPS) is 16.6. The van der Waals surface area contributed by atoms with Crippen LogP contribution >= 0.6 is 0 Å². The van der Waals surface area contributed by atoms with Gasteiger partial charge in [0.05, 0.1) is 18.8 Å². The van der Waals surface area contributed by atoms with E-state index in [4.69, 9.17) is 9.47 Å². The van der Waals surface area contributed by atoms with E-state index < -0.39 is 17.6 Å². The fourth-order valence-electron chi connectivity index (χ4n) is 4.38. The van der Waals surface area contributed by atoms with E-state index in [9.17, 15) is 14.7 Å². The van der Waals surface area contributed by atoms with E-state index in [1.54, 1.807) is 36.4 Å². The highest BCUT2D eigenvalue weighted by Gasteiger charge is 2.34. The number of nitrogens with zero attached hydrogens (tertiary/aromatic N) is 1. The standard InChI is InChI=1S/C30H41N3O5/c1-21(2)19-26(33-15-17-37-18-16-33)28(35)31-25(27(34)32-30(3,4)5)20-22-11-13-24(14-12-22)38-29(36)23-9-7-6-8-10-23/h6-14,21,25-26H,15-20H2,1-5H3,(H,31,35)(H,32,34)/p+1/t25-,26-/m0/s1. The zero-order valence-corrected chi connectivity index (χ0v) is 23.2. The van der Waals surface area contributed by atoms with Crippen LogP contribution in [-0.2, 0) is 16.0 Å². The Labute approximate surface area is 226 Å². The molecule has 0 aliphatic carbocycles. The Morgan fingerprint density at radius 3 is 2.26 bits per heavy atom. The molecule has 1 fully saturated rings. The van der Waals surface area contributed by atoms with E-state index in [0.717, 1.165) is 25.1 Å². The molecule has 3 rings (SSSR count). The van der Waals surface area contributed by atoms with Gasteiger partial charge in [-0.15, -0.1) is 0 Å². The van der Waals surface area contributed by atoms with Crippen molar-refractivity contribution < 1.29 is 29.2 Å². The number of hydrogen-bond acceptors (Lipinski definition) is 5. The quantitative estimate of drug-likeness (QED) is 0.191. The number of morpholine rings is 1. The van der Waals surface area contributed by atoms with Crippen molar-refractivity contribution in [2.75, 3.05) is 26.3 Å². The number of aliphatic hydroxyl groups excluding tert-OH is 1. The first-order chi connectivity index (χ1) is 18.0. The van der Waals surface area contributed by atoms with Crippen LogP contribution in [0.5, 0.6) is 5.75 Å². The Balaban J connectivity index is 1.79. The second kappa shape index (κ2) is 13.5. The van der Waals surface area contributed by atoms with Gasteiger partial charge in [0.15, 0.2) is 0 Å². The van der Waals surface area contributed by atoms with Crippen LogP contribution in [0.1, 0.15) is 57.0 Å². The molecule has 1 amide bonds. The van der Waals surface area contributed by atoms with E-state index in [-0.39, 0.29) is 17.8 Å². The summed E-state index contributed by atoms with van der Waals surface area (Å²) in [6.45, 7) is 12.7. The van der Waals surface area contributed by atoms with Crippen molar-refractivity contribution in [3.05, 3.63) is 65.7 Å². The summed E-state index contributed by atoms with van der Waals surface area (Å²) < 4.78 is 11.0. The Morgan fingerprint density at radius 2 is 1.68 bits per heavy atom. The highest BCUT2D eigenvalue weighted by molar-refractivity contribution is 5.91. The molecule has 2 aromatic carbocycles. The maximum Gasteiger partial charge on any atom is 0.350 e. The predicted octanol–water partition coefficient (Wildman–Crippen LogP) is 2.52. The lowest BCUT2D eigenvalue weighted by Crippen LogP contribution is -2.86. The molecule has 1 saturated heterocycles. The first kappa shape index (κ1) is 29.3. The van der Waals surface area contributed by atoms with Crippen LogP contribution in [-0.4, -0.2) is 71.7 Å². The molecule has 0 aromatic heterocycles. The van der Waals surface area contributed by atoms with Gasteiger partial charge in [-0.2, -0.15) is 0 Å². The molecule has 0 bridgehead atoms. The van der Waals surface area contributed by atoms with Crippen LogP contribution in [0.15, 0.2) is 54.6 Å². The maximum absolute atomic E-state index is 13.3. The Hall–Kier alpha value is -3.23. The van der Waals surface area contributed by atoms with Gasteiger partial charge in [0.1, 0.15) is 11.8 Å². The number of nitrogens with one attached hydrogen (secondary N) is 2. The Morgan fingerprint density at radius 1 is 1.05 bits per heavy atom. The molecule has 0 saturated carbocycles. The minimum Gasteiger partial charge on any atom is -0.462 e. The molecule has 3 N–H and O–H groups in total. The number of ether oxygens (including phenoxy) is 2. The highest BCUT2D eigenvalue weighted by Crippen LogP contribution is 2.16. The number of esters is 1. The molecule has 1 aliphatic rings. The van der Waals surface area contributed by atoms with E-state index in [1.165, 1.54) is 0 Å². The van der Waals surface area contributed by atoms with Crippen LogP contribution in [0.3, 0.4) is 0 Å². The molecule has 38 heavy (non-hydrogen) atoms. The monoisotopic (exact) mass is 524 g/mol. The Kier molecular flexibility index (Phi) is 10.4. The molecular formula is C30H42N3O5+. The first-order valence-electron chi connectivity index (χ1n) is 13.3. The van der Waals surface area contributed by atoms with Gasteiger partial charge in [-0.25, -0.2) is 9.79 Å². The summed E-state index contributed by atoms with van der Waals surface area (Å²) in [7, 11) is 0. The third-order valence-electron chi connectivity index (χ3n) is 6.22. The average Bonchev–Trinajstić information content (AvgIpc) is 2.87. The lowest BCUT2D eigenvalue weighted by atomic mass is 10.0. The van der Waals surface area contributed by atoms with Crippen LogP contribution in [0.2, 0.25) is 0 Å². The van der Waals surface area contributed by atoms with Crippen molar-refractivity contribution in [2.45, 2.75) is 65.1 Å². The zero-order chi connectivity index (χ0) is 27.7. The summed E-state index contributed by atoms with van der Waals surface area (Å²) >= 11 is 0. The molecule has 2 atom stereocenters. The fraction of sp³-hybridized carbons (Fsp3) is 0.500. The summed E-state index contributed by atoms with van der Waals surface area (Å²) in [5.74, 6) is 0.253. The lowest BCUT2D eigenvalue weighted by Gasteiger charge is -2.32. The molecule has 0 radical (unpaired) electrons. The van der Waals surface area contributed by atoms with Crippen molar-refractivity contribution >= 4 is 17.8 Å². The van der Waals surface area contributed by atoms with Gasteiger partial charge in [0.25, 0.3) is 5.91 Å². The van der Waals surface area contributed by atoms with Gasteiger partial charge >= 0.3 is 11.9 Å². The van der Waals surface area contributed by atoms with Crippen LogP contribution in [0.25, 0.3) is 0 Å². The van der Waals surface area contributed by atoms with Gasteiger partial charge in [-0.05, 0) is 62.9 Å². The van der Waals surface area contributed by atoms with Crippen LogP contribution in [0, 0.1) is 5.92 Å². The number of carbonyl (C=O) groups excluding carboxylic acids is 2. The number of aliphatic hydroxyl groups is 1. The number of carbonyl (C=O) groups is 2. The number of rotatable bonds is 10. The van der Waals surface area contributed by atoms with Gasteiger partial charge < -0.3 is 19.9 Å². The molecular weight excluding hydrogens is 482 g/mol. The summed E-state index contributed by atoms with van der Waals surface area (Å²) in [5.41, 5.74) is 0.913. The molecule has 2 aromatic rings. The number of benzene rings is 2. The molecule has 0 spiro atoms. The average molecular weight is 525 g/mol. The van der Waals surface area contributed by atoms with Crippen molar-refractivity contribution in [1.29, 1.82) is 0 Å². The minimum absolute atomic E-state index is 0.100. The fourth-order valence-corrected chi connectivity index (χ4v) is 4.38. The van der Waals surface area contributed by atoms with E-state index >= 15 is 0 Å². The highest BCUT2D eigenvalue weighted by atomic mass is 16.5. The van der Waals surface area contributed by atoms with Crippen LogP contribution in [0.4, 0.5) is 0 Å². The van der Waals surface area contributed by atoms with Crippen molar-refractivity contribution in [2.24, 2.45) is 5.92 Å². The van der Waals surface area contributed by atoms with Crippen molar-refractivity contribution in [1.82, 2.24) is 10.2 Å².